The van der Waals surface area contributed by atoms with Crippen molar-refractivity contribution in [1.29, 1.82) is 0 Å². The van der Waals surface area contributed by atoms with Gasteiger partial charge in [0, 0.05) is 31.9 Å². The predicted molar refractivity (Wildman–Crippen MR) is 89.2 cm³/mol. The summed E-state index contributed by atoms with van der Waals surface area (Å²) < 4.78 is 4.53. The van der Waals surface area contributed by atoms with E-state index in [9.17, 15) is 0 Å². The zero-order valence-electron chi connectivity index (χ0n) is 12.4. The molecule has 0 N–H and O–H groups in total. The van der Waals surface area contributed by atoms with Crippen LogP contribution in [-0.4, -0.2) is 56.9 Å². The number of terminal acetylenes is 1. The largest absolute Gasteiger partial charge is 0.290 e. The van der Waals surface area contributed by atoms with Crippen molar-refractivity contribution in [3.63, 3.8) is 0 Å². The standard InChI is InChI=1S/C16H19N5S/c1-2-8-18-9-11-19(12-10-18)14-21-16(22)20(13-17-21)15-6-4-3-5-7-15/h1,3-7,13H,8-12,14H2. The molecule has 1 saturated heterocycles. The van der Waals surface area contributed by atoms with Gasteiger partial charge in [-0.05, 0) is 24.4 Å². The molecule has 0 spiro atoms. The molecule has 1 aromatic heterocycles. The fraction of sp³-hybridized carbons (Fsp3) is 0.375. The normalized spacial score (nSPS) is 16.5. The SMILES string of the molecule is C#CCN1CCN(Cn2ncn(-c3ccccc3)c2=S)CC1. The number of aromatic nitrogens is 3. The average molecular weight is 313 g/mol. The number of hydrogen-bond donors (Lipinski definition) is 0. The molecule has 0 aliphatic carbocycles. The average Bonchev–Trinajstić information content (AvgIpc) is 2.91. The highest BCUT2D eigenvalue weighted by Gasteiger charge is 2.17. The minimum atomic E-state index is 0.720. The molecular formula is C16H19N5S. The second kappa shape index (κ2) is 6.88. The maximum absolute atomic E-state index is 5.54. The van der Waals surface area contributed by atoms with Crippen LogP contribution in [0.25, 0.3) is 5.69 Å². The van der Waals surface area contributed by atoms with Gasteiger partial charge in [0.25, 0.3) is 0 Å². The third kappa shape index (κ3) is 3.28. The Bertz CT molecular complexity index is 704. The monoisotopic (exact) mass is 313 g/mol. The lowest BCUT2D eigenvalue weighted by atomic mass is 10.3. The molecule has 1 fully saturated rings. The van der Waals surface area contributed by atoms with Crippen molar-refractivity contribution in [3.8, 4) is 18.0 Å². The minimum Gasteiger partial charge on any atom is -0.290 e. The van der Waals surface area contributed by atoms with Crippen LogP contribution in [0.1, 0.15) is 0 Å². The number of nitrogens with zero attached hydrogens (tertiary/aromatic N) is 5. The molecule has 6 heteroatoms. The second-order valence-electron chi connectivity index (χ2n) is 5.36. The number of benzene rings is 1. The van der Waals surface area contributed by atoms with Gasteiger partial charge >= 0.3 is 0 Å². The zero-order chi connectivity index (χ0) is 15.4. The van der Waals surface area contributed by atoms with Crippen molar-refractivity contribution in [3.05, 3.63) is 41.4 Å². The van der Waals surface area contributed by atoms with Gasteiger partial charge < -0.3 is 0 Å². The topological polar surface area (TPSA) is 29.2 Å². The molecule has 0 amide bonds. The Balaban J connectivity index is 1.67. The van der Waals surface area contributed by atoms with Crippen LogP contribution in [0.3, 0.4) is 0 Å². The first kappa shape index (κ1) is 15.0. The van der Waals surface area contributed by atoms with Crippen molar-refractivity contribution in [2.75, 3.05) is 32.7 Å². The molecule has 0 unspecified atom stereocenters. The molecule has 0 radical (unpaired) electrons. The Hall–Kier alpha value is -1.94. The summed E-state index contributed by atoms with van der Waals surface area (Å²) in [7, 11) is 0. The minimum absolute atomic E-state index is 0.720. The first-order chi connectivity index (χ1) is 10.8. The third-order valence-corrected chi connectivity index (χ3v) is 4.29. The summed E-state index contributed by atoms with van der Waals surface area (Å²) in [6.07, 6.45) is 7.14. The Labute approximate surface area is 135 Å². The lowest BCUT2D eigenvalue weighted by molar-refractivity contribution is 0.111. The fourth-order valence-electron chi connectivity index (χ4n) is 2.61. The van der Waals surface area contributed by atoms with Gasteiger partial charge in [0.2, 0.25) is 4.77 Å². The van der Waals surface area contributed by atoms with E-state index >= 15 is 0 Å². The highest BCUT2D eigenvalue weighted by molar-refractivity contribution is 7.71. The lowest BCUT2D eigenvalue weighted by Crippen LogP contribution is -2.46. The highest BCUT2D eigenvalue weighted by Crippen LogP contribution is 2.09. The van der Waals surface area contributed by atoms with Gasteiger partial charge in [-0.3, -0.25) is 14.4 Å². The van der Waals surface area contributed by atoms with E-state index in [0.717, 1.165) is 49.9 Å². The molecule has 114 valence electrons. The van der Waals surface area contributed by atoms with Crippen LogP contribution in [0.5, 0.6) is 0 Å². The molecule has 2 aromatic rings. The molecule has 1 aliphatic rings. The van der Waals surface area contributed by atoms with Crippen molar-refractivity contribution in [2.24, 2.45) is 0 Å². The Morgan fingerprint density at radius 1 is 1.09 bits per heavy atom. The first-order valence-electron chi connectivity index (χ1n) is 7.36. The van der Waals surface area contributed by atoms with Gasteiger partial charge in [-0.2, -0.15) is 5.10 Å². The second-order valence-corrected chi connectivity index (χ2v) is 5.72. The van der Waals surface area contributed by atoms with E-state index in [4.69, 9.17) is 18.6 Å². The molecule has 1 aliphatic heterocycles. The van der Waals surface area contributed by atoms with Gasteiger partial charge in [-0.1, -0.05) is 24.1 Å². The molecule has 0 saturated carbocycles. The van der Waals surface area contributed by atoms with Gasteiger partial charge in [0.15, 0.2) is 0 Å². The summed E-state index contributed by atoms with van der Waals surface area (Å²) in [5, 5.41) is 4.43. The van der Waals surface area contributed by atoms with Gasteiger partial charge in [-0.25, -0.2) is 4.68 Å². The third-order valence-electron chi connectivity index (χ3n) is 3.88. The predicted octanol–water partition coefficient (Wildman–Crippen LogP) is 1.61. The summed E-state index contributed by atoms with van der Waals surface area (Å²) in [4.78, 5) is 4.64. The molecule has 3 rings (SSSR count). The maximum atomic E-state index is 5.54. The van der Waals surface area contributed by atoms with E-state index in [1.54, 1.807) is 6.33 Å². The molecule has 1 aromatic carbocycles. The smallest absolute Gasteiger partial charge is 0.203 e. The van der Waals surface area contributed by atoms with Crippen LogP contribution in [0.15, 0.2) is 36.7 Å². The van der Waals surface area contributed by atoms with Crippen LogP contribution in [0.4, 0.5) is 0 Å². The highest BCUT2D eigenvalue weighted by atomic mass is 32.1. The summed E-state index contributed by atoms with van der Waals surface area (Å²) in [5.41, 5.74) is 1.04. The van der Waals surface area contributed by atoms with Crippen molar-refractivity contribution in [2.45, 2.75) is 6.67 Å². The number of para-hydroxylation sites is 1. The quantitative estimate of drug-likeness (QED) is 0.633. The molecule has 0 atom stereocenters. The Kier molecular flexibility index (Phi) is 4.68. The van der Waals surface area contributed by atoms with E-state index in [-0.39, 0.29) is 0 Å². The van der Waals surface area contributed by atoms with Crippen molar-refractivity contribution in [1.82, 2.24) is 24.1 Å². The van der Waals surface area contributed by atoms with Crippen molar-refractivity contribution >= 4 is 12.2 Å². The number of rotatable bonds is 4. The van der Waals surface area contributed by atoms with Crippen LogP contribution in [0, 0.1) is 17.1 Å². The zero-order valence-corrected chi connectivity index (χ0v) is 13.2. The van der Waals surface area contributed by atoms with E-state index in [1.165, 1.54) is 0 Å². The summed E-state index contributed by atoms with van der Waals surface area (Å²) in [6.45, 7) is 5.43. The molecule has 2 heterocycles. The van der Waals surface area contributed by atoms with E-state index in [0.29, 0.717) is 0 Å². The van der Waals surface area contributed by atoms with Crippen LogP contribution in [0.2, 0.25) is 0 Å². The fourth-order valence-corrected chi connectivity index (χ4v) is 2.86. The Morgan fingerprint density at radius 3 is 2.45 bits per heavy atom. The van der Waals surface area contributed by atoms with Crippen molar-refractivity contribution < 1.29 is 0 Å². The van der Waals surface area contributed by atoms with E-state index in [2.05, 4.69) is 20.8 Å². The van der Waals surface area contributed by atoms with Crippen LogP contribution < -0.4 is 0 Å². The summed E-state index contributed by atoms with van der Waals surface area (Å²) >= 11 is 5.54. The van der Waals surface area contributed by atoms with Gasteiger partial charge in [-0.15, -0.1) is 6.42 Å². The number of piperazine rings is 1. The molecule has 22 heavy (non-hydrogen) atoms. The Morgan fingerprint density at radius 2 is 1.77 bits per heavy atom. The van der Waals surface area contributed by atoms with Crippen LogP contribution >= 0.6 is 12.2 Å². The summed E-state index contributed by atoms with van der Waals surface area (Å²) in [5.74, 6) is 2.70. The van der Waals surface area contributed by atoms with Gasteiger partial charge in [0.05, 0.1) is 13.2 Å². The maximum Gasteiger partial charge on any atom is 0.203 e. The van der Waals surface area contributed by atoms with E-state index < -0.39 is 0 Å². The number of hydrogen-bond acceptors (Lipinski definition) is 4. The van der Waals surface area contributed by atoms with E-state index in [1.807, 2.05) is 39.6 Å². The molecular weight excluding hydrogens is 294 g/mol. The first-order valence-corrected chi connectivity index (χ1v) is 7.77. The summed E-state index contributed by atoms with van der Waals surface area (Å²) in [6, 6.07) is 10.0. The molecule has 5 nitrogen and oxygen atoms in total. The lowest BCUT2D eigenvalue weighted by Gasteiger charge is -2.33. The molecule has 0 bridgehead atoms. The van der Waals surface area contributed by atoms with Gasteiger partial charge in [0.1, 0.15) is 6.33 Å². The van der Waals surface area contributed by atoms with Crippen LogP contribution in [-0.2, 0) is 6.67 Å².